The Labute approximate surface area is 208 Å². The molecule has 33 heavy (non-hydrogen) atoms. The van der Waals surface area contributed by atoms with Gasteiger partial charge in [0.15, 0.2) is 18.6 Å². The summed E-state index contributed by atoms with van der Waals surface area (Å²) in [6.45, 7) is 10.1. The molecule has 0 saturated heterocycles. The molecule has 1 aliphatic heterocycles. The molecule has 0 fully saturated rings. The predicted molar refractivity (Wildman–Crippen MR) is 141 cm³/mol. The van der Waals surface area contributed by atoms with Crippen LogP contribution in [-0.2, 0) is 4.57 Å². The van der Waals surface area contributed by atoms with E-state index in [9.17, 15) is 0 Å². The molecule has 0 amide bonds. The molecule has 0 radical (unpaired) electrons. The third-order valence-corrected chi connectivity index (χ3v) is 10.6. The van der Waals surface area contributed by atoms with Gasteiger partial charge in [-0.3, -0.25) is 0 Å². The highest BCUT2D eigenvalue weighted by atomic mass is 127. The molecule has 0 N–H and O–H groups in total. The highest BCUT2D eigenvalue weighted by molar-refractivity contribution is 14.1. The Morgan fingerprint density at radius 1 is 0.727 bits per heavy atom. The summed E-state index contributed by atoms with van der Waals surface area (Å²) in [5.41, 5.74) is 4.69. The van der Waals surface area contributed by atoms with Crippen molar-refractivity contribution in [2.24, 2.45) is 0 Å². The van der Waals surface area contributed by atoms with Gasteiger partial charge in [-0.15, -0.1) is 0 Å². The lowest BCUT2D eigenvalue weighted by Gasteiger charge is -2.25. The Kier molecular flexibility index (Phi) is 6.45. The molecule has 7 heteroatoms. The monoisotopic (exact) mass is 578 g/mol. The second kappa shape index (κ2) is 8.88. The van der Waals surface area contributed by atoms with Crippen LogP contribution in [0.5, 0.6) is 23.0 Å². The van der Waals surface area contributed by atoms with Crippen LogP contribution >= 0.6 is 29.7 Å². The predicted octanol–water partition coefficient (Wildman–Crippen LogP) is 5.22. The summed E-state index contributed by atoms with van der Waals surface area (Å²) in [5, 5.41) is 2.27. The highest BCUT2D eigenvalue weighted by Crippen LogP contribution is 2.50. The Hall–Kier alpha value is -2.18. The number of halogens is 1. The van der Waals surface area contributed by atoms with E-state index in [4.69, 9.17) is 18.9 Å². The van der Waals surface area contributed by atoms with Gasteiger partial charge in [-0.25, -0.2) is 0 Å². The Balaban J connectivity index is 2.10. The zero-order valence-electron chi connectivity index (χ0n) is 20.0. The zero-order chi connectivity index (χ0) is 24.1. The minimum Gasteiger partial charge on any atom is -0.496 e. The van der Waals surface area contributed by atoms with Gasteiger partial charge in [0.1, 0.15) is 11.5 Å². The Morgan fingerprint density at radius 3 is 1.58 bits per heavy atom. The van der Waals surface area contributed by atoms with Crippen LogP contribution in [0.15, 0.2) is 30.3 Å². The van der Waals surface area contributed by atoms with Crippen LogP contribution < -0.4 is 34.9 Å². The molecule has 0 spiro atoms. The molecule has 0 saturated carbocycles. The normalized spacial score (nSPS) is 12.7. The number of rotatable bonds is 5. The van der Waals surface area contributed by atoms with Gasteiger partial charge in [-0.2, -0.15) is 0 Å². The average Bonchev–Trinajstić information content (AvgIpc) is 3.26. The van der Waals surface area contributed by atoms with Gasteiger partial charge >= 0.3 is 0 Å². The fourth-order valence-corrected chi connectivity index (χ4v) is 9.39. The number of benzene rings is 3. The number of aryl methyl sites for hydroxylation is 5. The molecule has 0 bridgehead atoms. The molecule has 0 atom stereocenters. The van der Waals surface area contributed by atoms with Gasteiger partial charge in [0, 0.05) is 15.9 Å². The summed E-state index contributed by atoms with van der Waals surface area (Å²) in [4.78, 5) is 0. The van der Waals surface area contributed by atoms with Crippen LogP contribution in [0.2, 0.25) is 0 Å². The van der Waals surface area contributed by atoms with Gasteiger partial charge in [-0.1, -0.05) is 0 Å². The van der Waals surface area contributed by atoms with Crippen molar-refractivity contribution in [2.45, 2.75) is 34.6 Å². The van der Waals surface area contributed by atoms with Crippen molar-refractivity contribution in [1.82, 2.24) is 0 Å². The SMILES string of the molecule is COc1c(C)cc(P(=O)(c2cc(C)c(OC)c(C)c2)c2cc(C)c3c(c2I)OCO3)cc1C. The Bertz CT molecular complexity index is 1210. The first-order valence-electron chi connectivity index (χ1n) is 10.6. The minimum absolute atomic E-state index is 0.168. The van der Waals surface area contributed by atoms with Gasteiger partial charge in [0.2, 0.25) is 6.79 Å². The summed E-state index contributed by atoms with van der Waals surface area (Å²) in [6, 6.07) is 9.92. The van der Waals surface area contributed by atoms with Crippen molar-refractivity contribution in [2.75, 3.05) is 21.0 Å². The molecule has 0 unspecified atom stereocenters. The van der Waals surface area contributed by atoms with E-state index in [0.29, 0.717) is 5.75 Å². The van der Waals surface area contributed by atoms with Crippen LogP contribution in [0, 0.1) is 38.2 Å². The first kappa shape index (κ1) is 24.0. The van der Waals surface area contributed by atoms with Crippen molar-refractivity contribution in [3.63, 3.8) is 0 Å². The standard InChI is InChI=1S/C26H28IO5P/c1-14-8-19(9-15(2)23(14)29-6)33(28,20-10-16(3)24(30-7)17(4)11-20)21-12-18(5)25-26(22(21)27)32-13-31-25/h8-12H,13H2,1-7H3. The quantitative estimate of drug-likeness (QED) is 0.307. The molecule has 3 aromatic carbocycles. The van der Waals surface area contributed by atoms with E-state index in [1.165, 1.54) is 0 Å². The number of hydrogen-bond acceptors (Lipinski definition) is 5. The van der Waals surface area contributed by atoms with Crippen molar-refractivity contribution in [1.29, 1.82) is 0 Å². The summed E-state index contributed by atoms with van der Waals surface area (Å²) in [5.74, 6) is 3.00. The molecule has 0 aromatic heterocycles. The number of hydrogen-bond donors (Lipinski definition) is 0. The second-order valence-electron chi connectivity index (χ2n) is 8.43. The lowest BCUT2D eigenvalue weighted by molar-refractivity contribution is 0.173. The maximum Gasteiger partial charge on any atom is 0.231 e. The maximum atomic E-state index is 15.4. The van der Waals surface area contributed by atoms with Crippen molar-refractivity contribution < 1.29 is 23.5 Å². The van der Waals surface area contributed by atoms with Crippen LogP contribution in [0.4, 0.5) is 0 Å². The molecular weight excluding hydrogens is 550 g/mol. The van der Waals surface area contributed by atoms with Crippen LogP contribution in [0.3, 0.4) is 0 Å². The fraction of sp³-hybridized carbons (Fsp3) is 0.308. The molecular formula is C26H28IO5P. The lowest BCUT2D eigenvalue weighted by atomic mass is 10.1. The van der Waals surface area contributed by atoms with E-state index in [-0.39, 0.29) is 6.79 Å². The smallest absolute Gasteiger partial charge is 0.231 e. The first-order valence-corrected chi connectivity index (χ1v) is 13.4. The van der Waals surface area contributed by atoms with Crippen molar-refractivity contribution in [3.8, 4) is 23.0 Å². The number of fused-ring (bicyclic) bond motifs is 1. The Morgan fingerprint density at radius 2 is 1.15 bits per heavy atom. The van der Waals surface area contributed by atoms with Gasteiger partial charge < -0.3 is 23.5 Å². The van der Waals surface area contributed by atoms with E-state index in [0.717, 1.165) is 64.5 Å². The molecule has 1 heterocycles. The molecule has 0 aliphatic carbocycles. The molecule has 4 rings (SSSR count). The van der Waals surface area contributed by atoms with Crippen LogP contribution in [-0.4, -0.2) is 21.0 Å². The summed E-state index contributed by atoms with van der Waals surface area (Å²) in [6.07, 6.45) is 0. The third kappa shape index (κ3) is 3.81. The van der Waals surface area contributed by atoms with Gasteiger partial charge in [0.05, 0.1) is 17.8 Å². The largest absolute Gasteiger partial charge is 0.496 e. The molecule has 5 nitrogen and oxygen atoms in total. The first-order chi connectivity index (χ1) is 15.6. The molecule has 1 aliphatic rings. The maximum absolute atomic E-state index is 15.4. The third-order valence-electron chi connectivity index (χ3n) is 6.11. The molecule has 3 aromatic rings. The zero-order valence-corrected chi connectivity index (χ0v) is 23.0. The van der Waals surface area contributed by atoms with Gasteiger partial charge in [-0.05, 0) is 115 Å². The average molecular weight is 578 g/mol. The lowest BCUT2D eigenvalue weighted by Crippen LogP contribution is -2.28. The van der Waals surface area contributed by atoms with Gasteiger partial charge in [0.25, 0.3) is 0 Å². The van der Waals surface area contributed by atoms with E-state index in [2.05, 4.69) is 22.6 Å². The van der Waals surface area contributed by atoms with E-state index in [1.807, 2.05) is 65.0 Å². The highest BCUT2D eigenvalue weighted by Gasteiger charge is 2.37. The summed E-state index contributed by atoms with van der Waals surface area (Å²) in [7, 11) is 0.0275. The van der Waals surface area contributed by atoms with E-state index < -0.39 is 7.14 Å². The van der Waals surface area contributed by atoms with Crippen LogP contribution in [0.1, 0.15) is 27.8 Å². The van der Waals surface area contributed by atoms with E-state index in [1.54, 1.807) is 14.2 Å². The second-order valence-corrected chi connectivity index (χ2v) is 12.2. The minimum atomic E-state index is -3.30. The summed E-state index contributed by atoms with van der Waals surface area (Å²) >= 11 is 2.24. The van der Waals surface area contributed by atoms with E-state index >= 15 is 4.57 Å². The number of methoxy groups -OCH3 is 2. The molecule has 174 valence electrons. The van der Waals surface area contributed by atoms with Crippen LogP contribution in [0.25, 0.3) is 0 Å². The van der Waals surface area contributed by atoms with Crippen molar-refractivity contribution >= 4 is 45.6 Å². The van der Waals surface area contributed by atoms with Crippen molar-refractivity contribution in [3.05, 3.63) is 61.7 Å². The summed E-state index contributed by atoms with van der Waals surface area (Å²) < 4.78 is 38.9. The number of ether oxygens (including phenoxy) is 4. The fourth-order valence-electron chi connectivity index (χ4n) is 4.70. The topological polar surface area (TPSA) is 54.0 Å².